The monoisotopic (exact) mass is 929 g/mol. The van der Waals surface area contributed by atoms with E-state index in [0.717, 1.165) is 122 Å². The molecule has 0 fully saturated rings. The van der Waals surface area contributed by atoms with Crippen LogP contribution in [0, 0.1) is 0 Å². The Bertz CT molecular complexity index is 1390. The molecule has 6 heteroatoms. The van der Waals surface area contributed by atoms with Crippen molar-refractivity contribution in [2.75, 3.05) is 13.2 Å². The summed E-state index contributed by atoms with van der Waals surface area (Å²) in [5, 5.41) is 0. The Hall–Kier alpha value is -3.93. The van der Waals surface area contributed by atoms with Crippen LogP contribution in [-0.4, -0.2) is 37.2 Å². The molecule has 0 radical (unpaired) electrons. The SMILES string of the molecule is CC/C=C\C/C=C\C/C=C\C/C=C\C/C=C\CCCCCC(=O)OCC(COC(=O)CCCCC/C=C\C/C=C\C/C=C\CC)OC(=O)CCCCCCCCC/C=C\CCCCCCCC. The highest BCUT2D eigenvalue weighted by molar-refractivity contribution is 5.71. The standard InChI is InChI=1S/C61H100O6/c1-4-7-10-13-16-19-22-25-27-29-30-32-33-36-39-42-45-48-51-54-60(63)66-57-58(56-65-59(62)53-50-47-44-41-38-35-24-21-18-15-12-9-6-3)67-61(64)55-52-49-46-43-40-37-34-31-28-26-23-20-17-14-11-8-5-2/h7,9-10,12,16,18-19,21,25-28,30,32,35-36,38-39,58H,4-6,8,11,13-15,17,20,22-24,29,31,33-34,37,40-57H2,1-3H3/b10-7-,12-9-,19-16-,21-18-,27-25-,28-26-,32-30-,38-35-,39-36-. The largest absolute Gasteiger partial charge is 0.462 e. The Kier molecular flexibility index (Phi) is 51.5. The molecule has 0 aliphatic carbocycles. The summed E-state index contributed by atoms with van der Waals surface area (Å²) < 4.78 is 16.8. The number of carbonyl (C=O) groups excluding carboxylic acids is 3. The molecule has 67 heavy (non-hydrogen) atoms. The molecule has 0 spiro atoms. The zero-order valence-electron chi connectivity index (χ0n) is 43.4. The summed E-state index contributed by atoms with van der Waals surface area (Å²) in [5.74, 6) is -0.973. The normalized spacial score (nSPS) is 12.9. The van der Waals surface area contributed by atoms with E-state index in [2.05, 4.69) is 130 Å². The molecule has 0 bridgehead atoms. The first-order chi connectivity index (χ1) is 33.0. The zero-order valence-corrected chi connectivity index (χ0v) is 43.4. The van der Waals surface area contributed by atoms with E-state index in [9.17, 15) is 14.4 Å². The van der Waals surface area contributed by atoms with Crippen LogP contribution < -0.4 is 0 Å². The van der Waals surface area contributed by atoms with Gasteiger partial charge in [-0.05, 0) is 122 Å². The fraction of sp³-hybridized carbons (Fsp3) is 0.656. The third-order valence-corrected chi connectivity index (χ3v) is 11.2. The van der Waals surface area contributed by atoms with Gasteiger partial charge in [0.05, 0.1) is 0 Å². The number of hydrogen-bond donors (Lipinski definition) is 0. The molecule has 6 nitrogen and oxygen atoms in total. The Morgan fingerprint density at radius 2 is 0.582 bits per heavy atom. The zero-order chi connectivity index (χ0) is 48.6. The van der Waals surface area contributed by atoms with Crippen molar-refractivity contribution in [2.45, 2.75) is 245 Å². The molecule has 0 aliphatic rings. The van der Waals surface area contributed by atoms with Crippen LogP contribution in [0.3, 0.4) is 0 Å². The van der Waals surface area contributed by atoms with Gasteiger partial charge in [0.1, 0.15) is 13.2 Å². The quantitative estimate of drug-likeness (QED) is 0.0262. The van der Waals surface area contributed by atoms with Gasteiger partial charge in [-0.15, -0.1) is 0 Å². The molecule has 0 rings (SSSR count). The highest BCUT2D eigenvalue weighted by atomic mass is 16.6. The summed E-state index contributed by atoms with van der Waals surface area (Å²) in [6.07, 6.45) is 73.6. The number of ether oxygens (including phenoxy) is 3. The van der Waals surface area contributed by atoms with Gasteiger partial charge in [0.2, 0.25) is 0 Å². The minimum Gasteiger partial charge on any atom is -0.462 e. The van der Waals surface area contributed by atoms with Crippen LogP contribution in [0.2, 0.25) is 0 Å². The molecule has 0 saturated carbocycles. The van der Waals surface area contributed by atoms with Crippen molar-refractivity contribution in [3.63, 3.8) is 0 Å². The minimum atomic E-state index is -0.808. The summed E-state index contributed by atoms with van der Waals surface area (Å²) in [6, 6.07) is 0. The van der Waals surface area contributed by atoms with Crippen molar-refractivity contribution in [2.24, 2.45) is 0 Å². The summed E-state index contributed by atoms with van der Waals surface area (Å²) in [4.78, 5) is 38.1. The van der Waals surface area contributed by atoms with Crippen molar-refractivity contribution in [3.8, 4) is 0 Å². The fourth-order valence-corrected chi connectivity index (χ4v) is 7.18. The van der Waals surface area contributed by atoms with Crippen molar-refractivity contribution < 1.29 is 28.6 Å². The van der Waals surface area contributed by atoms with E-state index >= 15 is 0 Å². The van der Waals surface area contributed by atoms with Crippen molar-refractivity contribution in [3.05, 3.63) is 109 Å². The molecule has 0 aliphatic heterocycles. The van der Waals surface area contributed by atoms with Crippen molar-refractivity contribution in [1.29, 1.82) is 0 Å². The highest BCUT2D eigenvalue weighted by Gasteiger charge is 2.19. The van der Waals surface area contributed by atoms with Crippen molar-refractivity contribution >= 4 is 17.9 Å². The molecule has 1 unspecified atom stereocenters. The van der Waals surface area contributed by atoms with Gasteiger partial charge in [-0.25, -0.2) is 0 Å². The molecule has 1 atom stereocenters. The van der Waals surface area contributed by atoms with Crippen LogP contribution in [0.4, 0.5) is 0 Å². The van der Waals surface area contributed by atoms with Crippen LogP contribution in [0.15, 0.2) is 109 Å². The average molecular weight is 929 g/mol. The molecular weight excluding hydrogens is 829 g/mol. The lowest BCUT2D eigenvalue weighted by Gasteiger charge is -2.18. The van der Waals surface area contributed by atoms with E-state index in [4.69, 9.17) is 14.2 Å². The van der Waals surface area contributed by atoms with Gasteiger partial charge in [0, 0.05) is 19.3 Å². The lowest BCUT2D eigenvalue weighted by molar-refractivity contribution is -0.167. The highest BCUT2D eigenvalue weighted by Crippen LogP contribution is 2.14. The molecule has 0 amide bonds. The van der Waals surface area contributed by atoms with Gasteiger partial charge in [0.15, 0.2) is 6.10 Å². The summed E-state index contributed by atoms with van der Waals surface area (Å²) in [6.45, 7) is 6.34. The molecule has 0 heterocycles. The Morgan fingerprint density at radius 3 is 0.940 bits per heavy atom. The van der Waals surface area contributed by atoms with E-state index in [-0.39, 0.29) is 31.1 Å². The van der Waals surface area contributed by atoms with Crippen molar-refractivity contribution in [1.82, 2.24) is 0 Å². The molecule has 0 N–H and O–H groups in total. The average Bonchev–Trinajstić information content (AvgIpc) is 3.33. The third kappa shape index (κ3) is 52.9. The first-order valence-corrected chi connectivity index (χ1v) is 27.4. The van der Waals surface area contributed by atoms with Gasteiger partial charge in [-0.2, -0.15) is 0 Å². The maximum Gasteiger partial charge on any atom is 0.306 e. The maximum absolute atomic E-state index is 12.8. The molecular formula is C61H100O6. The van der Waals surface area contributed by atoms with E-state index in [1.54, 1.807) is 0 Å². The van der Waals surface area contributed by atoms with Gasteiger partial charge >= 0.3 is 17.9 Å². The maximum atomic E-state index is 12.8. The molecule has 0 saturated heterocycles. The van der Waals surface area contributed by atoms with E-state index in [1.807, 2.05) is 0 Å². The predicted octanol–water partition coefficient (Wildman–Crippen LogP) is 18.3. The second-order valence-electron chi connectivity index (χ2n) is 17.7. The number of unbranched alkanes of at least 4 members (excludes halogenated alkanes) is 19. The number of rotatable bonds is 48. The van der Waals surface area contributed by atoms with Crippen LogP contribution in [0.1, 0.15) is 239 Å². The second kappa shape index (κ2) is 54.7. The van der Waals surface area contributed by atoms with Crippen LogP contribution in [0.5, 0.6) is 0 Å². The fourth-order valence-electron chi connectivity index (χ4n) is 7.18. The minimum absolute atomic E-state index is 0.107. The van der Waals surface area contributed by atoms with Crippen LogP contribution in [0.25, 0.3) is 0 Å². The van der Waals surface area contributed by atoms with Gasteiger partial charge < -0.3 is 14.2 Å². The first-order valence-electron chi connectivity index (χ1n) is 27.4. The van der Waals surface area contributed by atoms with E-state index in [0.29, 0.717) is 19.3 Å². The first kappa shape index (κ1) is 63.1. The summed E-state index contributed by atoms with van der Waals surface area (Å²) >= 11 is 0. The molecule has 0 aromatic heterocycles. The lowest BCUT2D eigenvalue weighted by atomic mass is 10.1. The number of allylic oxidation sites excluding steroid dienone is 18. The predicted molar refractivity (Wildman–Crippen MR) is 288 cm³/mol. The topological polar surface area (TPSA) is 78.9 Å². The Morgan fingerprint density at radius 1 is 0.313 bits per heavy atom. The molecule has 0 aromatic rings. The van der Waals surface area contributed by atoms with Crippen LogP contribution >= 0.6 is 0 Å². The lowest BCUT2D eigenvalue weighted by Crippen LogP contribution is -2.30. The second-order valence-corrected chi connectivity index (χ2v) is 17.7. The number of esters is 3. The van der Waals surface area contributed by atoms with Crippen LogP contribution in [-0.2, 0) is 28.6 Å². The number of carbonyl (C=O) groups is 3. The van der Waals surface area contributed by atoms with Gasteiger partial charge in [-0.1, -0.05) is 207 Å². The van der Waals surface area contributed by atoms with Gasteiger partial charge in [-0.3, -0.25) is 14.4 Å². The molecule has 380 valence electrons. The Balaban J connectivity index is 4.49. The third-order valence-electron chi connectivity index (χ3n) is 11.2. The smallest absolute Gasteiger partial charge is 0.306 e. The van der Waals surface area contributed by atoms with Gasteiger partial charge in [0.25, 0.3) is 0 Å². The summed E-state index contributed by atoms with van der Waals surface area (Å²) in [7, 11) is 0. The van der Waals surface area contributed by atoms with E-state index < -0.39 is 6.10 Å². The van der Waals surface area contributed by atoms with E-state index in [1.165, 1.54) is 77.0 Å². The number of hydrogen-bond acceptors (Lipinski definition) is 6. The summed E-state index contributed by atoms with van der Waals surface area (Å²) in [5.41, 5.74) is 0. The molecule has 0 aromatic carbocycles. The Labute approximate surface area is 412 Å².